The molecule has 0 aliphatic carbocycles. The highest BCUT2D eigenvalue weighted by molar-refractivity contribution is 5.92. The molecule has 11 heteroatoms. The summed E-state index contributed by atoms with van der Waals surface area (Å²) in [6.45, 7) is 10.9. The van der Waals surface area contributed by atoms with Crippen molar-refractivity contribution in [1.29, 1.82) is 0 Å². The predicted molar refractivity (Wildman–Crippen MR) is 159 cm³/mol. The zero-order chi connectivity index (χ0) is 29.9. The van der Waals surface area contributed by atoms with Crippen LogP contribution in [-0.4, -0.2) is 69.4 Å². The second-order valence-electron chi connectivity index (χ2n) is 11.1. The lowest BCUT2D eigenvalue weighted by atomic mass is 10.0. The largest absolute Gasteiger partial charge is 0.478 e. The SMILES string of the molecule is [C-]#[N+]c1ccc(COc2cccc(N(C)C3CCN(Cc4nc5ccc(C(=O)O)cc5n4C[C@@H]4CCO4)CC3)n2)c(F)c1. The van der Waals surface area contributed by atoms with E-state index in [4.69, 9.17) is 21.0 Å². The fourth-order valence-electron chi connectivity index (χ4n) is 5.67. The molecule has 2 fully saturated rings. The second kappa shape index (κ2) is 12.4. The van der Waals surface area contributed by atoms with Crippen molar-refractivity contribution < 1.29 is 23.8 Å². The van der Waals surface area contributed by atoms with Crippen LogP contribution in [0.25, 0.3) is 15.9 Å². The fraction of sp³-hybridized carbons (Fsp3) is 0.375. The van der Waals surface area contributed by atoms with Gasteiger partial charge in [-0.15, -0.1) is 0 Å². The third-order valence-corrected chi connectivity index (χ3v) is 8.34. The van der Waals surface area contributed by atoms with Gasteiger partial charge in [0.05, 0.1) is 42.4 Å². The first-order valence-electron chi connectivity index (χ1n) is 14.4. The Labute approximate surface area is 249 Å². The normalized spacial score (nSPS) is 17.4. The summed E-state index contributed by atoms with van der Waals surface area (Å²) in [4.78, 5) is 29.0. The molecule has 0 spiro atoms. The van der Waals surface area contributed by atoms with Crippen molar-refractivity contribution in [2.75, 3.05) is 31.6 Å². The molecule has 222 valence electrons. The van der Waals surface area contributed by atoms with Crippen LogP contribution >= 0.6 is 0 Å². The van der Waals surface area contributed by atoms with Crippen molar-refractivity contribution in [3.05, 3.63) is 88.8 Å². The molecule has 2 aromatic carbocycles. The molecule has 2 saturated heterocycles. The smallest absolute Gasteiger partial charge is 0.335 e. The molecular formula is C32H33FN6O4. The van der Waals surface area contributed by atoms with E-state index in [9.17, 15) is 14.3 Å². The molecule has 10 nitrogen and oxygen atoms in total. The van der Waals surface area contributed by atoms with Crippen LogP contribution in [0.3, 0.4) is 0 Å². The number of fused-ring (bicyclic) bond motifs is 1. The molecule has 2 aliphatic rings. The van der Waals surface area contributed by atoms with Gasteiger partial charge in [-0.05, 0) is 49.6 Å². The van der Waals surface area contributed by atoms with E-state index in [1.165, 1.54) is 6.07 Å². The molecule has 0 saturated carbocycles. The van der Waals surface area contributed by atoms with Crippen molar-refractivity contribution in [3.63, 3.8) is 0 Å². The van der Waals surface area contributed by atoms with E-state index in [1.54, 1.807) is 36.4 Å². The first kappa shape index (κ1) is 28.6. The third-order valence-electron chi connectivity index (χ3n) is 8.34. The topological polar surface area (TPSA) is 97.3 Å². The number of piperidine rings is 1. The highest BCUT2D eigenvalue weighted by Crippen LogP contribution is 2.27. The summed E-state index contributed by atoms with van der Waals surface area (Å²) in [5.74, 6) is 0.708. The van der Waals surface area contributed by atoms with Gasteiger partial charge in [0, 0.05) is 44.4 Å². The van der Waals surface area contributed by atoms with Crippen LogP contribution in [0.1, 0.15) is 41.0 Å². The van der Waals surface area contributed by atoms with Crippen molar-refractivity contribution in [2.45, 2.75) is 51.1 Å². The number of pyridine rings is 1. The molecule has 0 amide bonds. The molecule has 0 unspecified atom stereocenters. The van der Waals surface area contributed by atoms with Crippen LogP contribution in [0.4, 0.5) is 15.9 Å². The maximum atomic E-state index is 14.3. The molecule has 1 atom stereocenters. The zero-order valence-corrected chi connectivity index (χ0v) is 23.9. The minimum absolute atomic E-state index is 0.0257. The third kappa shape index (κ3) is 6.30. The second-order valence-corrected chi connectivity index (χ2v) is 11.1. The van der Waals surface area contributed by atoms with Gasteiger partial charge in [0.1, 0.15) is 24.1 Å². The van der Waals surface area contributed by atoms with E-state index in [0.29, 0.717) is 24.5 Å². The first-order chi connectivity index (χ1) is 20.9. The van der Waals surface area contributed by atoms with E-state index < -0.39 is 11.8 Å². The van der Waals surface area contributed by atoms with Gasteiger partial charge in [0.25, 0.3) is 0 Å². The van der Waals surface area contributed by atoms with Crippen LogP contribution in [0, 0.1) is 12.4 Å². The molecule has 0 radical (unpaired) electrons. The van der Waals surface area contributed by atoms with Gasteiger partial charge in [-0.2, -0.15) is 4.98 Å². The van der Waals surface area contributed by atoms with Crippen LogP contribution < -0.4 is 9.64 Å². The number of carboxylic acid groups (broad SMARTS) is 1. The minimum Gasteiger partial charge on any atom is -0.478 e. The number of ether oxygens (including phenoxy) is 2. The number of benzene rings is 2. The summed E-state index contributed by atoms with van der Waals surface area (Å²) in [6.07, 6.45) is 3.00. The van der Waals surface area contributed by atoms with Gasteiger partial charge in [0.15, 0.2) is 5.69 Å². The first-order valence-corrected chi connectivity index (χ1v) is 14.4. The monoisotopic (exact) mass is 584 g/mol. The van der Waals surface area contributed by atoms with E-state index in [0.717, 1.165) is 61.6 Å². The standard InChI is InChI=1S/C32H33FN6O4/c1-34-23-8-6-22(26(33)17-23)20-43-31-5-3-4-29(36-31)37(2)24-10-13-38(14-11-24)19-30-35-27-9-7-21(32(40)41)16-28(27)39(30)18-25-12-15-42-25/h3-9,16-17,24-25H,10-15,18-20H2,2H3,(H,40,41)/t25-/m0/s1. The molecule has 4 aromatic rings. The Morgan fingerprint density at radius 2 is 1.98 bits per heavy atom. The Morgan fingerprint density at radius 3 is 2.67 bits per heavy atom. The van der Waals surface area contributed by atoms with Gasteiger partial charge in [-0.25, -0.2) is 19.0 Å². The summed E-state index contributed by atoms with van der Waals surface area (Å²) in [6, 6.07) is 15.3. The number of imidazole rings is 1. The summed E-state index contributed by atoms with van der Waals surface area (Å²) >= 11 is 0. The number of hydrogen-bond donors (Lipinski definition) is 1. The molecule has 43 heavy (non-hydrogen) atoms. The number of carboxylic acids is 1. The number of rotatable bonds is 10. The maximum Gasteiger partial charge on any atom is 0.335 e. The van der Waals surface area contributed by atoms with E-state index in [-0.39, 0.29) is 30.0 Å². The Hall–Kier alpha value is -4.53. The Balaban J connectivity index is 1.08. The lowest BCUT2D eigenvalue weighted by Crippen LogP contribution is -2.43. The molecule has 2 aliphatic heterocycles. The lowest BCUT2D eigenvalue weighted by molar-refractivity contribution is -0.0592. The van der Waals surface area contributed by atoms with E-state index >= 15 is 0 Å². The Kier molecular flexibility index (Phi) is 8.22. The number of hydrogen-bond acceptors (Lipinski definition) is 7. The van der Waals surface area contributed by atoms with Crippen LogP contribution in [0.2, 0.25) is 0 Å². The van der Waals surface area contributed by atoms with Crippen LogP contribution in [0.5, 0.6) is 5.88 Å². The minimum atomic E-state index is -0.949. The molecule has 1 N–H and O–H groups in total. The fourth-order valence-corrected chi connectivity index (χ4v) is 5.67. The van der Waals surface area contributed by atoms with E-state index in [1.807, 2.05) is 19.2 Å². The molecule has 0 bridgehead atoms. The number of likely N-dealkylation sites (tertiary alicyclic amines) is 1. The van der Waals surface area contributed by atoms with Crippen molar-refractivity contribution in [3.8, 4) is 5.88 Å². The molecule has 2 aromatic heterocycles. The molecule has 4 heterocycles. The average molecular weight is 585 g/mol. The van der Waals surface area contributed by atoms with Gasteiger partial charge < -0.3 is 24.0 Å². The number of aromatic carboxylic acids is 1. The highest BCUT2D eigenvalue weighted by atomic mass is 19.1. The number of aromatic nitrogens is 3. The summed E-state index contributed by atoms with van der Waals surface area (Å²) < 4.78 is 27.9. The number of nitrogens with zero attached hydrogens (tertiary/aromatic N) is 6. The summed E-state index contributed by atoms with van der Waals surface area (Å²) in [5.41, 5.74) is 2.51. The maximum absolute atomic E-state index is 14.3. The highest BCUT2D eigenvalue weighted by Gasteiger charge is 2.27. The van der Waals surface area contributed by atoms with Crippen molar-refractivity contribution in [1.82, 2.24) is 19.4 Å². The van der Waals surface area contributed by atoms with Gasteiger partial charge in [-0.3, -0.25) is 4.90 Å². The number of halogens is 1. The van der Waals surface area contributed by atoms with Crippen molar-refractivity contribution >= 4 is 28.5 Å². The summed E-state index contributed by atoms with van der Waals surface area (Å²) in [7, 11) is 2.03. The lowest BCUT2D eigenvalue weighted by Gasteiger charge is -2.37. The quantitative estimate of drug-likeness (QED) is 0.251. The molecule has 6 rings (SSSR count). The number of carbonyl (C=O) groups is 1. The summed E-state index contributed by atoms with van der Waals surface area (Å²) in [5, 5.41) is 9.51. The van der Waals surface area contributed by atoms with Gasteiger partial charge in [0.2, 0.25) is 5.88 Å². The van der Waals surface area contributed by atoms with Crippen molar-refractivity contribution in [2.24, 2.45) is 0 Å². The molecular weight excluding hydrogens is 551 g/mol. The Bertz CT molecular complexity index is 1670. The van der Waals surface area contributed by atoms with Crippen LogP contribution in [-0.2, 0) is 24.4 Å². The average Bonchev–Trinajstić information content (AvgIpc) is 3.34. The number of anilines is 1. The zero-order valence-electron chi connectivity index (χ0n) is 23.9. The van der Waals surface area contributed by atoms with E-state index in [2.05, 4.69) is 24.2 Å². The van der Waals surface area contributed by atoms with Crippen LogP contribution in [0.15, 0.2) is 54.6 Å². The predicted octanol–water partition coefficient (Wildman–Crippen LogP) is 5.29. The van der Waals surface area contributed by atoms with Gasteiger partial charge in [-0.1, -0.05) is 18.2 Å². The van der Waals surface area contributed by atoms with Gasteiger partial charge >= 0.3 is 5.97 Å². The Morgan fingerprint density at radius 1 is 1.16 bits per heavy atom.